The maximum absolute atomic E-state index is 12.1. The van der Waals surface area contributed by atoms with Crippen LogP contribution in [0.3, 0.4) is 0 Å². The first kappa shape index (κ1) is 14.8. The van der Waals surface area contributed by atoms with Gasteiger partial charge in [0.2, 0.25) is 0 Å². The Kier molecular flexibility index (Phi) is 4.72. The van der Waals surface area contributed by atoms with Gasteiger partial charge in [0.05, 0.1) is 19.8 Å². The molecule has 0 aromatic heterocycles. The largest absolute Gasteiger partial charge is 0.468 e. The molecule has 1 unspecified atom stereocenters. The van der Waals surface area contributed by atoms with Gasteiger partial charge >= 0.3 is 11.9 Å². The molecule has 0 spiro atoms. The monoisotopic (exact) mass is 284 g/mol. The Morgan fingerprint density at radius 1 is 0.810 bits per heavy atom. The van der Waals surface area contributed by atoms with Crippen LogP contribution in [0.1, 0.15) is 27.4 Å². The molecule has 0 radical (unpaired) electrons. The molecule has 4 heteroatoms. The lowest BCUT2D eigenvalue weighted by molar-refractivity contribution is -0.141. The van der Waals surface area contributed by atoms with E-state index in [0.717, 1.165) is 11.1 Å². The van der Waals surface area contributed by atoms with Crippen LogP contribution in [0.5, 0.6) is 0 Å². The first-order valence-electron chi connectivity index (χ1n) is 6.48. The zero-order chi connectivity index (χ0) is 15.2. The van der Waals surface area contributed by atoms with Gasteiger partial charge in [0, 0.05) is 0 Å². The molecule has 4 nitrogen and oxygen atoms in total. The fourth-order valence-corrected chi connectivity index (χ4v) is 2.16. The quantitative estimate of drug-likeness (QED) is 0.810. The maximum Gasteiger partial charge on any atom is 0.337 e. The summed E-state index contributed by atoms with van der Waals surface area (Å²) in [4.78, 5) is 23.5. The molecule has 0 heterocycles. The van der Waals surface area contributed by atoms with Crippen LogP contribution in [0, 0.1) is 0 Å². The van der Waals surface area contributed by atoms with E-state index in [1.807, 2.05) is 30.3 Å². The van der Waals surface area contributed by atoms with E-state index < -0.39 is 11.9 Å². The third kappa shape index (κ3) is 3.28. The SMILES string of the molecule is COC(=O)c1ccc(C(C(=O)OC)c2ccccc2)cc1. The third-order valence-corrected chi connectivity index (χ3v) is 3.23. The van der Waals surface area contributed by atoms with Gasteiger partial charge in [-0.15, -0.1) is 0 Å². The van der Waals surface area contributed by atoms with Crippen molar-refractivity contribution in [2.24, 2.45) is 0 Å². The highest BCUT2D eigenvalue weighted by Crippen LogP contribution is 2.26. The summed E-state index contributed by atoms with van der Waals surface area (Å²) < 4.78 is 9.55. The van der Waals surface area contributed by atoms with E-state index >= 15 is 0 Å². The lowest BCUT2D eigenvalue weighted by Gasteiger charge is -2.15. The van der Waals surface area contributed by atoms with Gasteiger partial charge in [-0.3, -0.25) is 4.79 Å². The van der Waals surface area contributed by atoms with E-state index in [0.29, 0.717) is 5.56 Å². The van der Waals surface area contributed by atoms with Crippen LogP contribution < -0.4 is 0 Å². The van der Waals surface area contributed by atoms with Crippen molar-refractivity contribution < 1.29 is 19.1 Å². The number of methoxy groups -OCH3 is 2. The van der Waals surface area contributed by atoms with Crippen molar-refractivity contribution in [3.05, 3.63) is 71.3 Å². The number of carbonyl (C=O) groups is 2. The summed E-state index contributed by atoms with van der Waals surface area (Å²) in [6.45, 7) is 0. The number of carbonyl (C=O) groups excluding carboxylic acids is 2. The molecular formula is C17H16O4. The standard InChI is InChI=1S/C17H16O4/c1-20-16(18)14-10-8-13(9-11-14)15(17(19)21-2)12-6-4-3-5-7-12/h3-11,15H,1-2H3. The first-order valence-corrected chi connectivity index (χ1v) is 6.48. The molecule has 108 valence electrons. The van der Waals surface area contributed by atoms with Crippen molar-refractivity contribution in [2.75, 3.05) is 14.2 Å². The van der Waals surface area contributed by atoms with Crippen molar-refractivity contribution in [1.29, 1.82) is 0 Å². The summed E-state index contributed by atoms with van der Waals surface area (Å²) in [6.07, 6.45) is 0. The van der Waals surface area contributed by atoms with Gasteiger partial charge in [-0.25, -0.2) is 4.79 Å². The van der Waals surface area contributed by atoms with Crippen molar-refractivity contribution in [3.63, 3.8) is 0 Å². The highest BCUT2D eigenvalue weighted by Gasteiger charge is 2.23. The van der Waals surface area contributed by atoms with Gasteiger partial charge in [-0.1, -0.05) is 42.5 Å². The summed E-state index contributed by atoms with van der Waals surface area (Å²) >= 11 is 0. The number of hydrogen-bond donors (Lipinski definition) is 0. The highest BCUT2D eigenvalue weighted by atomic mass is 16.5. The molecule has 2 rings (SSSR count). The summed E-state index contributed by atoms with van der Waals surface area (Å²) in [5.74, 6) is -1.26. The van der Waals surface area contributed by atoms with Crippen LogP contribution in [0.15, 0.2) is 54.6 Å². The van der Waals surface area contributed by atoms with Crippen LogP contribution in [-0.4, -0.2) is 26.2 Å². The van der Waals surface area contributed by atoms with E-state index in [9.17, 15) is 9.59 Å². The zero-order valence-electron chi connectivity index (χ0n) is 11.9. The normalized spacial score (nSPS) is 11.5. The molecule has 21 heavy (non-hydrogen) atoms. The molecule has 0 saturated heterocycles. The van der Waals surface area contributed by atoms with Gasteiger partial charge in [-0.2, -0.15) is 0 Å². The fraction of sp³-hybridized carbons (Fsp3) is 0.176. The minimum absolute atomic E-state index is 0.341. The molecule has 0 N–H and O–H groups in total. The van der Waals surface area contributed by atoms with E-state index in [-0.39, 0.29) is 5.97 Å². The van der Waals surface area contributed by atoms with Gasteiger partial charge in [-0.05, 0) is 23.3 Å². The number of rotatable bonds is 4. The molecule has 0 amide bonds. The van der Waals surface area contributed by atoms with Crippen LogP contribution in [0.4, 0.5) is 0 Å². The van der Waals surface area contributed by atoms with Crippen LogP contribution in [0.25, 0.3) is 0 Å². The van der Waals surface area contributed by atoms with Crippen molar-refractivity contribution in [1.82, 2.24) is 0 Å². The first-order chi connectivity index (χ1) is 10.2. The number of hydrogen-bond acceptors (Lipinski definition) is 4. The topological polar surface area (TPSA) is 52.6 Å². The van der Waals surface area contributed by atoms with Crippen molar-refractivity contribution in [3.8, 4) is 0 Å². The Morgan fingerprint density at radius 2 is 1.38 bits per heavy atom. The number of esters is 2. The average Bonchev–Trinajstić information content (AvgIpc) is 2.55. The fourth-order valence-electron chi connectivity index (χ4n) is 2.16. The molecule has 1 atom stereocenters. The Hall–Kier alpha value is -2.62. The molecular weight excluding hydrogens is 268 g/mol. The van der Waals surface area contributed by atoms with E-state index in [1.54, 1.807) is 24.3 Å². The number of ether oxygens (including phenoxy) is 2. The van der Waals surface area contributed by atoms with Gasteiger partial charge in [0.1, 0.15) is 5.92 Å². The maximum atomic E-state index is 12.1. The molecule has 2 aromatic carbocycles. The summed E-state index contributed by atoms with van der Waals surface area (Å²) in [5, 5.41) is 0. The van der Waals surface area contributed by atoms with Crippen LogP contribution >= 0.6 is 0 Å². The zero-order valence-corrected chi connectivity index (χ0v) is 11.9. The molecule has 0 aliphatic carbocycles. The smallest absolute Gasteiger partial charge is 0.337 e. The highest BCUT2D eigenvalue weighted by molar-refractivity contribution is 5.89. The second-order valence-electron chi connectivity index (χ2n) is 4.48. The van der Waals surface area contributed by atoms with E-state index in [1.165, 1.54) is 14.2 Å². The third-order valence-electron chi connectivity index (χ3n) is 3.23. The van der Waals surface area contributed by atoms with E-state index in [2.05, 4.69) is 4.74 Å². The Labute approximate surface area is 123 Å². The molecule has 0 aliphatic rings. The van der Waals surface area contributed by atoms with Crippen LogP contribution in [-0.2, 0) is 14.3 Å². The predicted octanol–water partition coefficient (Wildman–Crippen LogP) is 2.78. The van der Waals surface area contributed by atoms with Gasteiger partial charge < -0.3 is 9.47 Å². The molecule has 0 saturated carbocycles. The van der Waals surface area contributed by atoms with Gasteiger partial charge in [0.25, 0.3) is 0 Å². The lowest BCUT2D eigenvalue weighted by Crippen LogP contribution is -2.15. The van der Waals surface area contributed by atoms with E-state index in [4.69, 9.17) is 4.74 Å². The van der Waals surface area contributed by atoms with Crippen LogP contribution in [0.2, 0.25) is 0 Å². The molecule has 0 bridgehead atoms. The summed E-state index contributed by atoms with van der Waals surface area (Å²) in [6, 6.07) is 16.1. The number of benzene rings is 2. The second kappa shape index (κ2) is 6.70. The molecule has 0 fully saturated rings. The Morgan fingerprint density at radius 3 is 1.90 bits per heavy atom. The molecule has 0 aliphatic heterocycles. The van der Waals surface area contributed by atoms with Crippen molar-refractivity contribution in [2.45, 2.75) is 5.92 Å². The predicted molar refractivity (Wildman–Crippen MR) is 78.1 cm³/mol. The Balaban J connectivity index is 2.38. The second-order valence-corrected chi connectivity index (χ2v) is 4.48. The Bertz CT molecular complexity index is 617. The minimum atomic E-state index is -0.511. The lowest BCUT2D eigenvalue weighted by atomic mass is 9.91. The van der Waals surface area contributed by atoms with Crippen molar-refractivity contribution >= 4 is 11.9 Å². The average molecular weight is 284 g/mol. The summed E-state index contributed by atoms with van der Waals surface area (Å²) in [7, 11) is 2.69. The van der Waals surface area contributed by atoms with Gasteiger partial charge in [0.15, 0.2) is 0 Å². The summed E-state index contributed by atoms with van der Waals surface area (Å²) in [5.41, 5.74) is 2.05. The minimum Gasteiger partial charge on any atom is -0.468 e. The molecule has 2 aromatic rings.